The predicted molar refractivity (Wildman–Crippen MR) is 57.0 cm³/mol. The molecular formula is C8H16N4O2S. The Morgan fingerprint density at radius 3 is 2.67 bits per heavy atom. The van der Waals surface area contributed by atoms with E-state index in [1.165, 1.54) is 7.05 Å². The molecule has 1 aromatic heterocycles. The molecule has 0 aromatic carbocycles. The van der Waals surface area contributed by atoms with Crippen molar-refractivity contribution in [1.82, 2.24) is 20.2 Å². The molecule has 0 saturated carbocycles. The lowest BCUT2D eigenvalue weighted by Gasteiger charge is -2.04. The maximum atomic E-state index is 11.7. The normalized spacial score (nSPS) is 11.9. The standard InChI is InChI=1S/C8H16N4O2S/c1-4-10-5-7-8(6(2)11-12-7)15(13,14)9-3/h9-10H,4-5H2,1-3H3,(H,11,12). The molecule has 0 aliphatic carbocycles. The van der Waals surface area contributed by atoms with Gasteiger partial charge in [-0.1, -0.05) is 6.92 Å². The van der Waals surface area contributed by atoms with E-state index in [-0.39, 0.29) is 4.90 Å². The van der Waals surface area contributed by atoms with E-state index in [1.807, 2.05) is 6.92 Å². The largest absolute Gasteiger partial charge is 0.311 e. The minimum absolute atomic E-state index is 0.242. The van der Waals surface area contributed by atoms with E-state index >= 15 is 0 Å². The molecule has 0 amide bonds. The lowest BCUT2D eigenvalue weighted by molar-refractivity contribution is 0.585. The van der Waals surface area contributed by atoms with Crippen LogP contribution in [-0.4, -0.2) is 32.2 Å². The molecule has 1 rings (SSSR count). The molecule has 15 heavy (non-hydrogen) atoms. The summed E-state index contributed by atoms with van der Waals surface area (Å²) in [7, 11) is -2.04. The highest BCUT2D eigenvalue weighted by Gasteiger charge is 2.22. The number of aryl methyl sites for hydroxylation is 1. The molecule has 0 unspecified atom stereocenters. The Morgan fingerprint density at radius 2 is 2.13 bits per heavy atom. The average molecular weight is 232 g/mol. The van der Waals surface area contributed by atoms with Gasteiger partial charge < -0.3 is 5.32 Å². The molecule has 0 saturated heterocycles. The first-order chi connectivity index (χ1) is 7.03. The third-order valence-corrected chi connectivity index (χ3v) is 3.66. The summed E-state index contributed by atoms with van der Waals surface area (Å²) in [5.74, 6) is 0. The highest BCUT2D eigenvalue weighted by Crippen LogP contribution is 2.16. The van der Waals surface area contributed by atoms with Crippen molar-refractivity contribution in [3.8, 4) is 0 Å². The van der Waals surface area contributed by atoms with Crippen LogP contribution < -0.4 is 10.0 Å². The Kier molecular flexibility index (Phi) is 3.83. The Balaban J connectivity index is 3.10. The van der Waals surface area contributed by atoms with Gasteiger partial charge in [-0.2, -0.15) is 5.10 Å². The molecular weight excluding hydrogens is 216 g/mol. The van der Waals surface area contributed by atoms with Crippen molar-refractivity contribution in [3.05, 3.63) is 11.4 Å². The Labute approximate surface area is 89.5 Å². The lowest BCUT2D eigenvalue weighted by atomic mass is 10.3. The van der Waals surface area contributed by atoms with Crippen molar-refractivity contribution < 1.29 is 8.42 Å². The molecule has 86 valence electrons. The van der Waals surface area contributed by atoms with Crippen LogP contribution in [0.25, 0.3) is 0 Å². The SMILES string of the molecule is CCNCc1n[nH]c(C)c1S(=O)(=O)NC. The topological polar surface area (TPSA) is 86.9 Å². The molecule has 3 N–H and O–H groups in total. The monoisotopic (exact) mass is 232 g/mol. The quantitative estimate of drug-likeness (QED) is 0.652. The van der Waals surface area contributed by atoms with Gasteiger partial charge in [-0.05, 0) is 20.5 Å². The minimum atomic E-state index is -3.43. The number of rotatable bonds is 5. The van der Waals surface area contributed by atoms with E-state index in [4.69, 9.17) is 0 Å². The van der Waals surface area contributed by atoms with Gasteiger partial charge >= 0.3 is 0 Å². The van der Waals surface area contributed by atoms with Crippen LogP contribution in [0, 0.1) is 6.92 Å². The molecule has 0 spiro atoms. The van der Waals surface area contributed by atoms with Gasteiger partial charge in [-0.15, -0.1) is 0 Å². The highest BCUT2D eigenvalue weighted by molar-refractivity contribution is 7.89. The molecule has 0 fully saturated rings. The van der Waals surface area contributed by atoms with Crippen molar-refractivity contribution in [3.63, 3.8) is 0 Å². The molecule has 0 radical (unpaired) electrons. The first kappa shape index (κ1) is 12.2. The van der Waals surface area contributed by atoms with Crippen molar-refractivity contribution in [2.75, 3.05) is 13.6 Å². The number of hydrogen-bond acceptors (Lipinski definition) is 4. The second kappa shape index (κ2) is 4.73. The van der Waals surface area contributed by atoms with Crippen LogP contribution >= 0.6 is 0 Å². The molecule has 0 bridgehead atoms. The Morgan fingerprint density at radius 1 is 1.47 bits per heavy atom. The number of nitrogens with one attached hydrogen (secondary N) is 3. The van der Waals surface area contributed by atoms with Crippen molar-refractivity contribution in [1.29, 1.82) is 0 Å². The number of aromatic nitrogens is 2. The van der Waals surface area contributed by atoms with E-state index in [9.17, 15) is 8.42 Å². The van der Waals surface area contributed by atoms with Crippen LogP contribution in [0.5, 0.6) is 0 Å². The summed E-state index contributed by atoms with van der Waals surface area (Å²) < 4.78 is 25.6. The van der Waals surface area contributed by atoms with Gasteiger partial charge in [0.25, 0.3) is 0 Å². The van der Waals surface area contributed by atoms with Crippen molar-refractivity contribution >= 4 is 10.0 Å². The second-order valence-corrected chi connectivity index (χ2v) is 4.94. The molecule has 1 aromatic rings. The third kappa shape index (κ3) is 2.55. The number of sulfonamides is 1. The van der Waals surface area contributed by atoms with E-state index in [1.54, 1.807) is 6.92 Å². The van der Waals surface area contributed by atoms with Crippen LogP contribution in [0.1, 0.15) is 18.3 Å². The predicted octanol–water partition coefficient (Wildman–Crippen LogP) is -0.264. The maximum absolute atomic E-state index is 11.7. The lowest BCUT2D eigenvalue weighted by Crippen LogP contribution is -2.22. The zero-order valence-electron chi connectivity index (χ0n) is 9.09. The van der Waals surface area contributed by atoms with Gasteiger partial charge in [0, 0.05) is 6.54 Å². The third-order valence-electron chi connectivity index (χ3n) is 2.04. The molecule has 0 aliphatic heterocycles. The Hall–Kier alpha value is -0.920. The van der Waals surface area contributed by atoms with Crippen LogP contribution in [0.15, 0.2) is 4.90 Å². The summed E-state index contributed by atoms with van der Waals surface area (Å²) in [6.07, 6.45) is 0. The van der Waals surface area contributed by atoms with Crippen LogP contribution in [0.3, 0.4) is 0 Å². The summed E-state index contributed by atoms with van der Waals surface area (Å²) in [6, 6.07) is 0. The maximum Gasteiger partial charge on any atom is 0.244 e. The number of hydrogen-bond donors (Lipinski definition) is 3. The number of aromatic amines is 1. The fourth-order valence-corrected chi connectivity index (χ4v) is 2.37. The fourth-order valence-electron chi connectivity index (χ4n) is 1.29. The van der Waals surface area contributed by atoms with E-state index in [0.29, 0.717) is 17.9 Å². The van der Waals surface area contributed by atoms with E-state index < -0.39 is 10.0 Å². The van der Waals surface area contributed by atoms with Gasteiger partial charge in [0.15, 0.2) is 0 Å². The van der Waals surface area contributed by atoms with Gasteiger partial charge in [0.05, 0.1) is 11.4 Å². The fraction of sp³-hybridized carbons (Fsp3) is 0.625. The summed E-state index contributed by atoms with van der Waals surface area (Å²) in [4.78, 5) is 0.242. The van der Waals surface area contributed by atoms with Crippen LogP contribution in [0.2, 0.25) is 0 Å². The smallest absolute Gasteiger partial charge is 0.244 e. The molecule has 6 nitrogen and oxygen atoms in total. The van der Waals surface area contributed by atoms with Crippen LogP contribution in [0.4, 0.5) is 0 Å². The summed E-state index contributed by atoms with van der Waals surface area (Å²) >= 11 is 0. The Bertz CT molecular complexity index is 424. The number of H-pyrrole nitrogens is 1. The summed E-state index contributed by atoms with van der Waals surface area (Å²) in [5, 5.41) is 9.68. The summed E-state index contributed by atoms with van der Waals surface area (Å²) in [5.41, 5.74) is 1.07. The zero-order chi connectivity index (χ0) is 11.5. The van der Waals surface area contributed by atoms with E-state index in [0.717, 1.165) is 6.54 Å². The van der Waals surface area contributed by atoms with Crippen molar-refractivity contribution in [2.45, 2.75) is 25.3 Å². The van der Waals surface area contributed by atoms with E-state index in [2.05, 4.69) is 20.2 Å². The number of nitrogens with zero attached hydrogens (tertiary/aromatic N) is 1. The second-order valence-electron chi connectivity index (χ2n) is 3.11. The van der Waals surface area contributed by atoms with Gasteiger partial charge in [-0.25, -0.2) is 13.1 Å². The summed E-state index contributed by atoms with van der Waals surface area (Å²) in [6.45, 7) is 4.85. The molecule has 7 heteroatoms. The van der Waals surface area contributed by atoms with Gasteiger partial charge in [0.2, 0.25) is 10.0 Å². The first-order valence-corrected chi connectivity index (χ1v) is 6.19. The highest BCUT2D eigenvalue weighted by atomic mass is 32.2. The van der Waals surface area contributed by atoms with Gasteiger partial charge in [0.1, 0.15) is 4.90 Å². The van der Waals surface area contributed by atoms with Gasteiger partial charge in [-0.3, -0.25) is 5.10 Å². The average Bonchev–Trinajstić information content (AvgIpc) is 2.57. The molecule has 0 atom stereocenters. The molecule has 0 aliphatic rings. The zero-order valence-corrected chi connectivity index (χ0v) is 9.90. The first-order valence-electron chi connectivity index (χ1n) is 4.71. The van der Waals surface area contributed by atoms with Crippen LogP contribution in [-0.2, 0) is 16.6 Å². The minimum Gasteiger partial charge on any atom is -0.311 e. The van der Waals surface area contributed by atoms with Crippen molar-refractivity contribution in [2.24, 2.45) is 0 Å². The molecule has 1 heterocycles.